The molecule has 1 spiro atoms. The van der Waals surface area contributed by atoms with Crippen LogP contribution in [0.1, 0.15) is 74.7 Å². The fourth-order valence-corrected chi connectivity index (χ4v) is 7.80. The van der Waals surface area contributed by atoms with Gasteiger partial charge in [-0.15, -0.1) is 0 Å². The number of hydrogen-bond acceptors (Lipinski definition) is 6. The molecule has 3 fully saturated rings. The summed E-state index contributed by atoms with van der Waals surface area (Å²) in [5, 5.41) is 13.5. The van der Waals surface area contributed by atoms with E-state index in [-0.39, 0.29) is 41.2 Å². The second kappa shape index (κ2) is 9.93. The van der Waals surface area contributed by atoms with E-state index in [1.54, 1.807) is 6.92 Å². The van der Waals surface area contributed by atoms with Crippen LogP contribution in [-0.2, 0) is 23.9 Å². The molecule has 0 saturated carbocycles. The molecular weight excluding hydrogens is 516 g/mol. The van der Waals surface area contributed by atoms with Crippen molar-refractivity contribution in [2.75, 3.05) is 13.2 Å². The van der Waals surface area contributed by atoms with Gasteiger partial charge in [-0.05, 0) is 51.4 Å². The summed E-state index contributed by atoms with van der Waals surface area (Å²) >= 11 is 3.65. The van der Waals surface area contributed by atoms with Crippen molar-refractivity contribution in [2.24, 2.45) is 23.2 Å². The molecule has 2 bridgehead atoms. The molecule has 3 heterocycles. The van der Waals surface area contributed by atoms with Gasteiger partial charge in [0.15, 0.2) is 0 Å². The summed E-state index contributed by atoms with van der Waals surface area (Å²) in [5.41, 5.74) is -1.71. The Morgan fingerprint density at radius 1 is 1.29 bits per heavy atom. The van der Waals surface area contributed by atoms with Gasteiger partial charge in [0.25, 0.3) is 0 Å². The van der Waals surface area contributed by atoms with Crippen molar-refractivity contribution in [3.63, 3.8) is 0 Å². The zero-order valence-electron chi connectivity index (χ0n) is 22.4. The topological polar surface area (TPSA) is 105 Å². The van der Waals surface area contributed by atoms with Crippen LogP contribution in [0.15, 0.2) is 0 Å². The number of fused-ring (bicyclic) bond motifs is 1. The van der Waals surface area contributed by atoms with E-state index in [0.29, 0.717) is 12.8 Å². The number of amides is 2. The smallest absolute Gasteiger partial charge is 0.312 e. The van der Waals surface area contributed by atoms with Crippen molar-refractivity contribution in [3.05, 3.63) is 0 Å². The minimum Gasteiger partial charge on any atom is -0.466 e. The Balaban J connectivity index is 2.06. The number of rotatable bonds is 9. The van der Waals surface area contributed by atoms with Gasteiger partial charge in [0.2, 0.25) is 11.8 Å². The van der Waals surface area contributed by atoms with E-state index in [1.807, 2.05) is 27.7 Å². The molecule has 8 nitrogen and oxygen atoms in total. The van der Waals surface area contributed by atoms with Gasteiger partial charge in [-0.25, -0.2) is 0 Å². The SMILES string of the molecule is CCOC(=O)[C@H]1[C@H]2C(=O)N([C@@H](CO)CC(C)C)C(C(=O)NC(C)(C)CC(C)(C)C)C23CC(Br)[C@@H]1O3. The van der Waals surface area contributed by atoms with Gasteiger partial charge in [0.1, 0.15) is 11.6 Å². The molecule has 0 radical (unpaired) electrons. The van der Waals surface area contributed by atoms with Crippen molar-refractivity contribution in [3.8, 4) is 0 Å². The third-order valence-corrected chi connectivity index (χ3v) is 8.16. The Labute approximate surface area is 218 Å². The number of likely N-dealkylation sites (tertiary alicyclic amines) is 1. The number of aliphatic hydroxyl groups excluding tert-OH is 1. The number of carbonyl (C=O) groups excluding carboxylic acids is 3. The largest absolute Gasteiger partial charge is 0.466 e. The maximum absolute atomic E-state index is 14.0. The molecule has 7 atom stereocenters. The fourth-order valence-electron chi connectivity index (χ4n) is 6.86. The molecule has 0 aromatic rings. The Kier molecular flexibility index (Phi) is 8.06. The number of ether oxygens (including phenoxy) is 2. The number of halogens is 1. The highest BCUT2D eigenvalue weighted by molar-refractivity contribution is 9.09. The molecule has 2 N–H and O–H groups in total. The molecule has 0 aliphatic carbocycles. The maximum Gasteiger partial charge on any atom is 0.312 e. The van der Waals surface area contributed by atoms with Crippen LogP contribution >= 0.6 is 15.9 Å². The standard InChI is InChI=1S/C26H43BrN2O6/c1-9-34-23(33)17-18-22(32)29(15(12-30)10-14(2)3)20(26(18)11-16(27)19(17)35-26)21(31)28-25(7,8)13-24(4,5)6/h14-20,30H,9-13H2,1-8H3,(H,28,31)/t15-,16?,17+,18+,19+,20?,26?/m1/s1. The minimum absolute atomic E-state index is 0.0215. The molecule has 3 rings (SSSR count). The predicted molar refractivity (Wildman–Crippen MR) is 136 cm³/mol. The first-order chi connectivity index (χ1) is 16.1. The van der Waals surface area contributed by atoms with Crippen LogP contribution in [0.3, 0.4) is 0 Å². The van der Waals surface area contributed by atoms with Crippen molar-refractivity contribution in [1.82, 2.24) is 10.2 Å². The van der Waals surface area contributed by atoms with Crippen LogP contribution in [0.4, 0.5) is 0 Å². The lowest BCUT2D eigenvalue weighted by Gasteiger charge is -2.40. The molecule has 2 amide bonds. The number of carbonyl (C=O) groups is 3. The van der Waals surface area contributed by atoms with Gasteiger partial charge in [-0.2, -0.15) is 0 Å². The van der Waals surface area contributed by atoms with Crippen molar-refractivity contribution < 1.29 is 29.0 Å². The number of aliphatic hydroxyl groups is 1. The van der Waals surface area contributed by atoms with Gasteiger partial charge in [0, 0.05) is 10.4 Å². The summed E-state index contributed by atoms with van der Waals surface area (Å²) in [7, 11) is 0. The summed E-state index contributed by atoms with van der Waals surface area (Å²) in [6.07, 6.45) is 1.15. The Hall–Kier alpha value is -1.19. The molecule has 0 aromatic heterocycles. The monoisotopic (exact) mass is 558 g/mol. The first-order valence-corrected chi connectivity index (χ1v) is 13.7. The second-order valence-electron chi connectivity index (χ2n) is 12.7. The van der Waals surface area contributed by atoms with E-state index in [4.69, 9.17) is 9.47 Å². The van der Waals surface area contributed by atoms with E-state index in [2.05, 4.69) is 42.0 Å². The van der Waals surface area contributed by atoms with Crippen LogP contribution in [0, 0.1) is 23.2 Å². The fraction of sp³-hybridized carbons (Fsp3) is 0.885. The van der Waals surface area contributed by atoms with E-state index in [1.165, 1.54) is 4.90 Å². The van der Waals surface area contributed by atoms with Gasteiger partial charge in [-0.1, -0.05) is 50.5 Å². The van der Waals surface area contributed by atoms with E-state index in [9.17, 15) is 19.5 Å². The first kappa shape index (κ1) is 28.4. The van der Waals surface area contributed by atoms with E-state index >= 15 is 0 Å². The van der Waals surface area contributed by atoms with Crippen LogP contribution in [-0.4, -0.2) is 75.2 Å². The van der Waals surface area contributed by atoms with E-state index in [0.717, 1.165) is 6.42 Å². The summed E-state index contributed by atoms with van der Waals surface area (Å²) in [6, 6.07) is -1.50. The summed E-state index contributed by atoms with van der Waals surface area (Å²) in [5.74, 6) is -2.49. The van der Waals surface area contributed by atoms with Crippen molar-refractivity contribution in [1.29, 1.82) is 0 Å². The van der Waals surface area contributed by atoms with Gasteiger partial charge in [0.05, 0.1) is 37.2 Å². The zero-order chi connectivity index (χ0) is 26.5. The van der Waals surface area contributed by atoms with Crippen molar-refractivity contribution in [2.45, 2.75) is 109 Å². The van der Waals surface area contributed by atoms with Crippen LogP contribution in [0.2, 0.25) is 0 Å². The average molecular weight is 560 g/mol. The molecule has 200 valence electrons. The predicted octanol–water partition coefficient (Wildman–Crippen LogP) is 3.04. The van der Waals surface area contributed by atoms with Gasteiger partial charge < -0.3 is 24.8 Å². The molecular formula is C26H43BrN2O6. The molecule has 3 unspecified atom stereocenters. The van der Waals surface area contributed by atoms with Crippen LogP contribution in [0.25, 0.3) is 0 Å². The first-order valence-electron chi connectivity index (χ1n) is 12.8. The quantitative estimate of drug-likeness (QED) is 0.333. The van der Waals surface area contributed by atoms with Crippen LogP contribution in [0.5, 0.6) is 0 Å². The van der Waals surface area contributed by atoms with Gasteiger partial charge in [-0.3, -0.25) is 14.4 Å². The summed E-state index contributed by atoms with van der Waals surface area (Å²) in [6.45, 7) is 16.0. The summed E-state index contributed by atoms with van der Waals surface area (Å²) < 4.78 is 11.8. The van der Waals surface area contributed by atoms with E-state index < -0.39 is 47.1 Å². The maximum atomic E-state index is 14.0. The highest BCUT2D eigenvalue weighted by Crippen LogP contribution is 2.60. The second-order valence-corrected chi connectivity index (χ2v) is 13.9. The number of nitrogens with zero attached hydrogens (tertiary/aromatic N) is 1. The summed E-state index contributed by atoms with van der Waals surface area (Å²) in [4.78, 5) is 42.4. The number of esters is 1. The Morgan fingerprint density at radius 3 is 2.43 bits per heavy atom. The molecule has 3 aliphatic heterocycles. The number of nitrogens with one attached hydrogen (secondary N) is 1. The average Bonchev–Trinajstić information content (AvgIpc) is 3.27. The molecule has 3 aliphatic rings. The van der Waals surface area contributed by atoms with Crippen LogP contribution < -0.4 is 5.32 Å². The molecule has 9 heteroatoms. The number of hydrogen-bond donors (Lipinski definition) is 2. The van der Waals surface area contributed by atoms with Crippen molar-refractivity contribution >= 4 is 33.7 Å². The molecule has 35 heavy (non-hydrogen) atoms. The third kappa shape index (κ3) is 5.28. The Morgan fingerprint density at radius 2 is 1.91 bits per heavy atom. The van der Waals surface area contributed by atoms with Gasteiger partial charge >= 0.3 is 5.97 Å². The number of alkyl halides is 1. The minimum atomic E-state index is -1.15. The highest BCUT2D eigenvalue weighted by Gasteiger charge is 2.77. The molecule has 3 saturated heterocycles. The third-order valence-electron chi connectivity index (χ3n) is 7.32. The highest BCUT2D eigenvalue weighted by atomic mass is 79.9. The lowest BCUT2D eigenvalue weighted by molar-refractivity contribution is -0.155. The normalized spacial score (nSPS) is 33.3. The zero-order valence-corrected chi connectivity index (χ0v) is 24.0. The Bertz CT molecular complexity index is 840. The molecule has 0 aromatic carbocycles. The lowest BCUT2D eigenvalue weighted by atomic mass is 9.70. The lowest BCUT2D eigenvalue weighted by Crippen LogP contribution is -2.61.